The van der Waals surface area contributed by atoms with Crippen LogP contribution in [-0.4, -0.2) is 6.79 Å². The van der Waals surface area contributed by atoms with E-state index in [2.05, 4.69) is 13.8 Å². The number of ether oxygens (including phenoxy) is 2. The first-order chi connectivity index (χ1) is 7.09. The van der Waals surface area contributed by atoms with E-state index in [-0.39, 0.29) is 6.04 Å². The first-order valence-electron chi connectivity index (χ1n) is 5.28. The molecule has 1 atom stereocenters. The van der Waals surface area contributed by atoms with Gasteiger partial charge in [-0.15, -0.1) is 0 Å². The van der Waals surface area contributed by atoms with E-state index in [4.69, 9.17) is 15.2 Å². The van der Waals surface area contributed by atoms with Gasteiger partial charge in [0.05, 0.1) is 0 Å². The summed E-state index contributed by atoms with van der Waals surface area (Å²) in [5.74, 6) is 2.09. The summed E-state index contributed by atoms with van der Waals surface area (Å²) in [4.78, 5) is 0. The molecule has 15 heavy (non-hydrogen) atoms. The standard InChI is InChI=1S/C12H17NO2/c1-7(2)9-4-11-12(15-6-14-11)5-10(9)8(3)13/h4-5,7-8H,6,13H2,1-3H3. The number of rotatable bonds is 2. The molecule has 3 nitrogen and oxygen atoms in total. The van der Waals surface area contributed by atoms with Crippen LogP contribution in [0.3, 0.4) is 0 Å². The van der Waals surface area contributed by atoms with Crippen molar-refractivity contribution in [1.29, 1.82) is 0 Å². The average Bonchev–Trinajstić information content (AvgIpc) is 2.61. The first-order valence-corrected chi connectivity index (χ1v) is 5.28. The molecule has 0 aliphatic carbocycles. The molecule has 82 valence electrons. The van der Waals surface area contributed by atoms with Crippen LogP contribution in [-0.2, 0) is 0 Å². The van der Waals surface area contributed by atoms with Crippen LogP contribution in [0.2, 0.25) is 0 Å². The molecule has 0 saturated carbocycles. The summed E-state index contributed by atoms with van der Waals surface area (Å²) in [5.41, 5.74) is 8.34. The SMILES string of the molecule is CC(C)c1cc2c(cc1C(C)N)OCO2. The first kappa shape index (κ1) is 10.3. The highest BCUT2D eigenvalue weighted by atomic mass is 16.7. The Morgan fingerprint density at radius 1 is 1.07 bits per heavy atom. The van der Waals surface area contributed by atoms with Crippen molar-refractivity contribution >= 4 is 0 Å². The Labute approximate surface area is 90.2 Å². The maximum Gasteiger partial charge on any atom is 0.231 e. The van der Waals surface area contributed by atoms with E-state index < -0.39 is 0 Å². The Morgan fingerprint density at radius 2 is 1.60 bits per heavy atom. The molecule has 1 aliphatic rings. The number of hydrogen-bond acceptors (Lipinski definition) is 3. The Hall–Kier alpha value is -1.22. The minimum absolute atomic E-state index is 0.0249. The molecule has 3 heteroatoms. The minimum atomic E-state index is 0.0249. The third-order valence-electron chi connectivity index (χ3n) is 2.69. The van der Waals surface area contributed by atoms with Gasteiger partial charge in [-0.1, -0.05) is 13.8 Å². The van der Waals surface area contributed by atoms with Crippen LogP contribution in [0.4, 0.5) is 0 Å². The van der Waals surface area contributed by atoms with Gasteiger partial charge in [0.15, 0.2) is 11.5 Å². The Bertz CT molecular complexity index is 337. The average molecular weight is 207 g/mol. The summed E-state index contributed by atoms with van der Waals surface area (Å²) in [6, 6.07) is 4.07. The Morgan fingerprint density at radius 3 is 2.07 bits per heavy atom. The van der Waals surface area contributed by atoms with E-state index >= 15 is 0 Å². The number of nitrogens with two attached hydrogens (primary N) is 1. The van der Waals surface area contributed by atoms with Crippen LogP contribution in [0.5, 0.6) is 11.5 Å². The third kappa shape index (κ3) is 1.79. The lowest BCUT2D eigenvalue weighted by Crippen LogP contribution is -2.09. The zero-order valence-electron chi connectivity index (χ0n) is 9.41. The lowest BCUT2D eigenvalue weighted by molar-refractivity contribution is 0.174. The maximum absolute atomic E-state index is 5.95. The van der Waals surface area contributed by atoms with Gasteiger partial charge in [-0.3, -0.25) is 0 Å². The van der Waals surface area contributed by atoms with Crippen molar-refractivity contribution in [2.24, 2.45) is 5.73 Å². The zero-order chi connectivity index (χ0) is 11.0. The van der Waals surface area contributed by atoms with Gasteiger partial charge >= 0.3 is 0 Å². The molecule has 0 bridgehead atoms. The van der Waals surface area contributed by atoms with Gasteiger partial charge < -0.3 is 15.2 Å². The highest BCUT2D eigenvalue weighted by Gasteiger charge is 2.19. The van der Waals surface area contributed by atoms with Gasteiger partial charge in [0.2, 0.25) is 6.79 Å². The van der Waals surface area contributed by atoms with Crippen molar-refractivity contribution in [3.63, 3.8) is 0 Å². The van der Waals surface area contributed by atoms with E-state index in [1.54, 1.807) is 0 Å². The van der Waals surface area contributed by atoms with E-state index in [1.807, 2.05) is 19.1 Å². The van der Waals surface area contributed by atoms with Crippen LogP contribution in [0.1, 0.15) is 43.9 Å². The smallest absolute Gasteiger partial charge is 0.231 e. The molecule has 0 radical (unpaired) electrons. The maximum atomic E-state index is 5.95. The molecule has 1 heterocycles. The fourth-order valence-corrected chi connectivity index (χ4v) is 1.87. The van der Waals surface area contributed by atoms with E-state index in [9.17, 15) is 0 Å². The molecule has 1 aliphatic heterocycles. The summed E-state index contributed by atoms with van der Waals surface area (Å²) >= 11 is 0. The van der Waals surface area contributed by atoms with Crippen LogP contribution in [0, 0.1) is 0 Å². The molecular weight excluding hydrogens is 190 g/mol. The molecule has 0 aromatic heterocycles. The molecule has 2 rings (SSSR count). The fourth-order valence-electron chi connectivity index (χ4n) is 1.87. The number of hydrogen-bond donors (Lipinski definition) is 1. The zero-order valence-corrected chi connectivity index (χ0v) is 9.41. The molecule has 1 aromatic rings. The van der Waals surface area contributed by atoms with Crippen molar-refractivity contribution in [3.05, 3.63) is 23.3 Å². The predicted octanol–water partition coefficient (Wildman–Crippen LogP) is 2.56. The summed E-state index contributed by atoms with van der Waals surface area (Å²) < 4.78 is 10.7. The summed E-state index contributed by atoms with van der Waals surface area (Å²) in [7, 11) is 0. The van der Waals surface area contributed by atoms with Crippen LogP contribution in [0.15, 0.2) is 12.1 Å². The largest absolute Gasteiger partial charge is 0.454 e. The molecular formula is C12H17NO2. The lowest BCUT2D eigenvalue weighted by Gasteiger charge is -2.16. The summed E-state index contributed by atoms with van der Waals surface area (Å²) in [6.45, 7) is 6.62. The Balaban J connectivity index is 2.52. The van der Waals surface area contributed by atoms with Crippen LogP contribution < -0.4 is 15.2 Å². The van der Waals surface area contributed by atoms with E-state index in [0.29, 0.717) is 12.7 Å². The molecule has 0 saturated heterocycles. The van der Waals surface area contributed by atoms with Gasteiger partial charge in [-0.05, 0) is 36.1 Å². The second kappa shape index (κ2) is 3.74. The van der Waals surface area contributed by atoms with Gasteiger partial charge in [-0.2, -0.15) is 0 Å². The van der Waals surface area contributed by atoms with Crippen molar-refractivity contribution in [2.45, 2.75) is 32.7 Å². The Kier molecular flexibility index (Phi) is 2.57. The van der Waals surface area contributed by atoms with Gasteiger partial charge in [-0.25, -0.2) is 0 Å². The molecule has 1 aromatic carbocycles. The third-order valence-corrected chi connectivity index (χ3v) is 2.69. The van der Waals surface area contributed by atoms with Crippen molar-refractivity contribution < 1.29 is 9.47 Å². The highest BCUT2D eigenvalue weighted by Crippen LogP contribution is 2.38. The monoisotopic (exact) mass is 207 g/mol. The highest BCUT2D eigenvalue weighted by molar-refractivity contribution is 5.50. The van der Waals surface area contributed by atoms with Gasteiger partial charge in [0, 0.05) is 6.04 Å². The molecule has 0 amide bonds. The van der Waals surface area contributed by atoms with Crippen molar-refractivity contribution in [1.82, 2.24) is 0 Å². The van der Waals surface area contributed by atoms with Gasteiger partial charge in [0.1, 0.15) is 0 Å². The van der Waals surface area contributed by atoms with Crippen molar-refractivity contribution in [3.8, 4) is 11.5 Å². The summed E-state index contributed by atoms with van der Waals surface area (Å²) in [6.07, 6.45) is 0. The molecule has 0 fully saturated rings. The molecule has 1 unspecified atom stereocenters. The molecule has 0 spiro atoms. The quantitative estimate of drug-likeness (QED) is 0.810. The number of fused-ring (bicyclic) bond motifs is 1. The van der Waals surface area contributed by atoms with E-state index in [1.165, 1.54) is 5.56 Å². The second-order valence-electron chi connectivity index (χ2n) is 4.28. The minimum Gasteiger partial charge on any atom is -0.454 e. The molecule has 2 N–H and O–H groups in total. The predicted molar refractivity (Wildman–Crippen MR) is 59.3 cm³/mol. The van der Waals surface area contributed by atoms with Crippen LogP contribution >= 0.6 is 0 Å². The number of benzene rings is 1. The summed E-state index contributed by atoms with van der Waals surface area (Å²) in [5, 5.41) is 0. The van der Waals surface area contributed by atoms with Gasteiger partial charge in [0.25, 0.3) is 0 Å². The fraction of sp³-hybridized carbons (Fsp3) is 0.500. The topological polar surface area (TPSA) is 44.5 Å². The van der Waals surface area contributed by atoms with Crippen LogP contribution in [0.25, 0.3) is 0 Å². The van der Waals surface area contributed by atoms with Crippen molar-refractivity contribution in [2.75, 3.05) is 6.79 Å². The van der Waals surface area contributed by atoms with E-state index in [0.717, 1.165) is 17.1 Å². The second-order valence-corrected chi connectivity index (χ2v) is 4.28. The lowest BCUT2D eigenvalue weighted by atomic mass is 9.93. The normalized spacial score (nSPS) is 15.8.